The zero-order valence-corrected chi connectivity index (χ0v) is 14.7. The van der Waals surface area contributed by atoms with Crippen LogP contribution >= 0.6 is 11.6 Å². The zero-order valence-electron chi connectivity index (χ0n) is 13.9. The van der Waals surface area contributed by atoms with E-state index in [1.54, 1.807) is 6.20 Å². The van der Waals surface area contributed by atoms with Gasteiger partial charge >= 0.3 is 0 Å². The number of nitrogens with zero attached hydrogens (tertiary/aromatic N) is 2. The molecule has 2 rings (SSSR count). The van der Waals surface area contributed by atoms with Crippen LogP contribution in [0.4, 0.5) is 0 Å². The van der Waals surface area contributed by atoms with E-state index in [0.717, 1.165) is 10.9 Å². The van der Waals surface area contributed by atoms with Gasteiger partial charge in [0.05, 0.1) is 5.52 Å². The van der Waals surface area contributed by atoms with E-state index < -0.39 is 0 Å². The predicted octanol–water partition coefficient (Wildman–Crippen LogP) is 4.52. The molecule has 0 amide bonds. The lowest BCUT2D eigenvalue weighted by Crippen LogP contribution is -2.17. The van der Waals surface area contributed by atoms with E-state index >= 15 is 0 Å². The van der Waals surface area contributed by atoms with Crippen LogP contribution in [0.3, 0.4) is 0 Å². The Kier molecular flexibility index (Phi) is 8.03. The first kappa shape index (κ1) is 19.4. The number of carbonyl (C=O) groups is 1. The van der Waals surface area contributed by atoms with Crippen LogP contribution in [0.15, 0.2) is 18.5 Å². The average Bonchev–Trinajstić information content (AvgIpc) is 2.68. The van der Waals surface area contributed by atoms with Crippen molar-refractivity contribution in [3.63, 3.8) is 0 Å². The molecule has 2 aromatic heterocycles. The standard InChI is InChI=1S/C9H9ClN2.C5H10O2.C2H6/c1-6-5-12(2)7-3-4-11-9(10)8(6)7;1-5(2,3)7-4-6;1-2/h3-5H,1-2H3;4H,1-3H3;1-2H3. The summed E-state index contributed by atoms with van der Waals surface area (Å²) in [5.41, 5.74) is 1.99. The van der Waals surface area contributed by atoms with Crippen LogP contribution in [-0.4, -0.2) is 21.6 Å². The van der Waals surface area contributed by atoms with E-state index in [2.05, 4.69) is 20.5 Å². The van der Waals surface area contributed by atoms with Crippen molar-refractivity contribution in [3.8, 4) is 0 Å². The highest BCUT2D eigenvalue weighted by atomic mass is 35.5. The number of rotatable bonds is 1. The largest absolute Gasteiger partial charge is 0.462 e. The lowest BCUT2D eigenvalue weighted by atomic mass is 10.2. The maximum atomic E-state index is 9.60. The normalized spacial score (nSPS) is 10.1. The van der Waals surface area contributed by atoms with Gasteiger partial charge in [0.25, 0.3) is 6.47 Å². The van der Waals surface area contributed by atoms with Gasteiger partial charge in [-0.3, -0.25) is 4.79 Å². The third-order valence-electron chi connectivity index (χ3n) is 2.45. The molecule has 0 aromatic carbocycles. The molecule has 0 fully saturated rings. The van der Waals surface area contributed by atoms with E-state index in [9.17, 15) is 4.79 Å². The molecule has 21 heavy (non-hydrogen) atoms. The highest BCUT2D eigenvalue weighted by Crippen LogP contribution is 2.25. The first-order valence-corrected chi connectivity index (χ1v) is 7.31. The number of ether oxygens (including phenoxy) is 1. The van der Waals surface area contributed by atoms with Crippen molar-refractivity contribution in [1.82, 2.24) is 9.55 Å². The smallest absolute Gasteiger partial charge is 0.293 e. The fourth-order valence-corrected chi connectivity index (χ4v) is 1.96. The van der Waals surface area contributed by atoms with Gasteiger partial charge in [-0.05, 0) is 39.3 Å². The number of hydrogen-bond donors (Lipinski definition) is 0. The molecule has 0 N–H and O–H groups in total. The molecule has 0 aliphatic rings. The minimum absolute atomic E-state index is 0.318. The molecule has 0 saturated carbocycles. The Morgan fingerprint density at radius 3 is 2.29 bits per heavy atom. The fraction of sp³-hybridized carbons (Fsp3) is 0.500. The van der Waals surface area contributed by atoms with Gasteiger partial charge in [0.15, 0.2) is 0 Å². The maximum Gasteiger partial charge on any atom is 0.293 e. The Bertz CT molecular complexity index is 571. The van der Waals surface area contributed by atoms with Crippen LogP contribution in [0, 0.1) is 6.92 Å². The minimum atomic E-state index is -0.318. The monoisotopic (exact) mass is 312 g/mol. The molecule has 0 spiro atoms. The van der Waals surface area contributed by atoms with E-state index in [0.29, 0.717) is 11.6 Å². The van der Waals surface area contributed by atoms with Gasteiger partial charge in [-0.15, -0.1) is 0 Å². The summed E-state index contributed by atoms with van der Waals surface area (Å²) in [6.45, 7) is 12.0. The Balaban J connectivity index is 0.000000385. The minimum Gasteiger partial charge on any atom is -0.462 e. The third kappa shape index (κ3) is 6.17. The maximum absolute atomic E-state index is 9.60. The Morgan fingerprint density at radius 2 is 1.90 bits per heavy atom. The second kappa shape index (κ2) is 8.67. The van der Waals surface area contributed by atoms with E-state index in [1.807, 2.05) is 54.7 Å². The van der Waals surface area contributed by atoms with Gasteiger partial charge in [0.2, 0.25) is 0 Å². The van der Waals surface area contributed by atoms with Gasteiger partial charge in [-0.2, -0.15) is 0 Å². The van der Waals surface area contributed by atoms with E-state index in [1.165, 1.54) is 5.56 Å². The molecule has 2 heterocycles. The second-order valence-corrected chi connectivity index (χ2v) is 5.60. The third-order valence-corrected chi connectivity index (χ3v) is 2.73. The van der Waals surface area contributed by atoms with Crippen molar-refractivity contribution >= 4 is 29.0 Å². The number of carbonyl (C=O) groups excluding carboxylic acids is 1. The number of aromatic nitrogens is 2. The van der Waals surface area contributed by atoms with E-state index in [4.69, 9.17) is 11.6 Å². The first-order valence-electron chi connectivity index (χ1n) is 6.94. The summed E-state index contributed by atoms with van der Waals surface area (Å²) in [4.78, 5) is 13.6. The molecular weight excluding hydrogens is 288 g/mol. The highest BCUT2D eigenvalue weighted by Gasteiger charge is 2.07. The summed E-state index contributed by atoms with van der Waals surface area (Å²) in [5, 5.41) is 1.65. The van der Waals surface area contributed by atoms with Crippen LogP contribution < -0.4 is 0 Å². The summed E-state index contributed by atoms with van der Waals surface area (Å²) in [6, 6.07) is 1.97. The van der Waals surface area contributed by atoms with Crippen LogP contribution in [0.5, 0.6) is 0 Å². The van der Waals surface area contributed by atoms with Gasteiger partial charge in [-0.1, -0.05) is 25.4 Å². The van der Waals surface area contributed by atoms with Crippen molar-refractivity contribution in [2.75, 3.05) is 0 Å². The molecule has 0 atom stereocenters. The van der Waals surface area contributed by atoms with Crippen LogP contribution in [0.2, 0.25) is 5.15 Å². The highest BCUT2D eigenvalue weighted by molar-refractivity contribution is 6.34. The van der Waals surface area contributed by atoms with Crippen molar-refractivity contribution in [3.05, 3.63) is 29.2 Å². The van der Waals surface area contributed by atoms with Crippen molar-refractivity contribution < 1.29 is 9.53 Å². The van der Waals surface area contributed by atoms with Crippen molar-refractivity contribution in [2.45, 2.75) is 47.1 Å². The predicted molar refractivity (Wildman–Crippen MR) is 88.7 cm³/mol. The van der Waals surface area contributed by atoms with Gasteiger partial charge in [-0.25, -0.2) is 4.98 Å². The quantitative estimate of drug-likeness (QED) is 0.574. The number of fused-ring (bicyclic) bond motifs is 1. The molecule has 0 radical (unpaired) electrons. The summed E-state index contributed by atoms with van der Waals surface area (Å²) >= 11 is 5.95. The lowest BCUT2D eigenvalue weighted by Gasteiger charge is -2.14. The molecule has 118 valence electrons. The summed E-state index contributed by atoms with van der Waals surface area (Å²) < 4.78 is 6.60. The molecular formula is C16H25ClN2O2. The Hall–Kier alpha value is -1.55. The van der Waals surface area contributed by atoms with E-state index in [-0.39, 0.29) is 5.60 Å². The topological polar surface area (TPSA) is 44.1 Å². The van der Waals surface area contributed by atoms with Crippen molar-refractivity contribution in [1.29, 1.82) is 0 Å². The summed E-state index contributed by atoms with van der Waals surface area (Å²) in [5.74, 6) is 0. The molecule has 0 aliphatic heterocycles. The first-order chi connectivity index (χ1) is 9.76. The summed E-state index contributed by atoms with van der Waals surface area (Å²) in [7, 11) is 2.01. The van der Waals surface area contributed by atoms with Gasteiger partial charge in [0.1, 0.15) is 10.8 Å². The van der Waals surface area contributed by atoms with Crippen molar-refractivity contribution in [2.24, 2.45) is 7.05 Å². The summed E-state index contributed by atoms with van der Waals surface area (Å²) in [6.07, 6.45) is 3.78. The molecule has 0 saturated heterocycles. The van der Waals surface area contributed by atoms with Gasteiger partial charge in [0, 0.05) is 24.8 Å². The Labute approximate surface area is 132 Å². The number of halogens is 1. The molecule has 0 unspecified atom stereocenters. The average molecular weight is 313 g/mol. The fourth-order valence-electron chi connectivity index (χ4n) is 1.65. The SMILES string of the molecule is CC.CC(C)(C)OC=O.Cc1cn(C)c2ccnc(Cl)c12. The molecule has 2 aromatic rings. The number of aryl methyl sites for hydroxylation is 2. The Morgan fingerprint density at radius 1 is 1.33 bits per heavy atom. The zero-order chi connectivity index (χ0) is 16.6. The second-order valence-electron chi connectivity index (χ2n) is 5.25. The van der Waals surface area contributed by atoms with Crippen LogP contribution in [0.25, 0.3) is 10.9 Å². The molecule has 5 heteroatoms. The molecule has 0 bridgehead atoms. The van der Waals surface area contributed by atoms with Gasteiger partial charge < -0.3 is 9.30 Å². The molecule has 4 nitrogen and oxygen atoms in total. The number of pyridine rings is 1. The van der Waals surface area contributed by atoms with Crippen LogP contribution in [-0.2, 0) is 16.6 Å². The van der Waals surface area contributed by atoms with Crippen LogP contribution in [0.1, 0.15) is 40.2 Å². The number of hydrogen-bond acceptors (Lipinski definition) is 3. The molecule has 0 aliphatic carbocycles. The lowest BCUT2D eigenvalue weighted by molar-refractivity contribution is -0.138.